The summed E-state index contributed by atoms with van der Waals surface area (Å²) in [6.45, 7) is 0. The highest BCUT2D eigenvalue weighted by atomic mass is 32.1. The largest absolute Gasteiger partial charge is 0.457 e. The minimum absolute atomic E-state index is 0.893. The van der Waals surface area contributed by atoms with Crippen LogP contribution in [0.3, 0.4) is 0 Å². The van der Waals surface area contributed by atoms with E-state index in [0.717, 1.165) is 118 Å². The van der Waals surface area contributed by atoms with Gasteiger partial charge in [0.15, 0.2) is 24.2 Å². The average molecular weight is 1910 g/mol. The summed E-state index contributed by atoms with van der Waals surface area (Å²) >= 11 is 1.86. The minimum Gasteiger partial charge on any atom is -0.457 e. The predicted octanol–water partition coefficient (Wildman–Crippen LogP) is 26.2. The van der Waals surface area contributed by atoms with E-state index < -0.39 is 24.2 Å². The highest BCUT2D eigenvalue weighted by Gasteiger charge is 2.52. The molecule has 31 rings (SSSR count). The Morgan fingerprint density at radius 1 is 0.167 bits per heavy atom. The zero-order valence-corrected chi connectivity index (χ0v) is 81.8. The number of furan rings is 1. The van der Waals surface area contributed by atoms with E-state index in [1.54, 1.807) is 0 Å². The monoisotopic (exact) mass is 1910 g/mol. The Kier molecular flexibility index (Phi) is 19.1. The van der Waals surface area contributed by atoms with Crippen molar-refractivity contribution in [3.05, 3.63) is 522 Å². The Bertz CT molecular complexity index is 9550. The van der Waals surface area contributed by atoms with Gasteiger partial charge in [0.05, 0.1) is 60.3 Å². The fourth-order valence-electron chi connectivity index (χ4n) is 24.6. The van der Waals surface area contributed by atoms with Crippen molar-refractivity contribution >= 4 is 227 Å². The number of nitrogens with zero attached hydrogens (tertiary/aromatic N) is 4. The van der Waals surface area contributed by atoms with Crippen molar-refractivity contribution in [2.24, 2.45) is 0 Å². The molecule has 0 saturated heterocycles. The summed E-state index contributed by atoms with van der Waals surface area (Å²) in [4.78, 5) is 0. The molecule has 0 spiro atoms. The molecule has 8 nitrogen and oxygen atoms in total. The zero-order valence-electron chi connectivity index (χ0n) is 78.0. The molecular formula is C132H86N4O4SSi3. The molecule has 0 amide bonds. The van der Waals surface area contributed by atoms with Gasteiger partial charge in [0, 0.05) is 80.6 Å². The van der Waals surface area contributed by atoms with Crippen LogP contribution in [0.4, 0.5) is 0 Å². The topological polar surface area (TPSA) is 60.6 Å². The van der Waals surface area contributed by atoms with E-state index in [1.165, 1.54) is 131 Å². The SMILES string of the molecule is c1ccc(-n2c3ccccc3c3cc(-n4c5ccccc5c5c6c(ccc54)[Si](c4ccccc4)(c4ccccc4)c4ccccc4O6)ccc32)cc1.c1ccc([Si]2(c3ccccc3)c3ccccc3Oc3c2ccc2c3c3ccccc3n2-c2ccc3oc4ccccc4c3c2)cc1.c1ccc([Si]2(c3ccccc3)c3ccccc3Oc3c2ccc2c3c3ccccc3n2-c2ccc3sc4ccccc4c3c2)cc1. The Labute approximate surface area is 836 Å². The van der Waals surface area contributed by atoms with Gasteiger partial charge in [-0.2, -0.15) is 0 Å². The second-order valence-electron chi connectivity index (χ2n) is 37.8. The van der Waals surface area contributed by atoms with E-state index in [4.69, 9.17) is 18.6 Å². The lowest BCUT2D eigenvalue weighted by molar-refractivity contribution is 0.492. The smallest absolute Gasteiger partial charge is 0.188 e. The van der Waals surface area contributed by atoms with E-state index in [0.29, 0.717) is 0 Å². The van der Waals surface area contributed by atoms with Crippen molar-refractivity contribution < 1.29 is 18.6 Å². The molecule has 22 aromatic carbocycles. The van der Waals surface area contributed by atoms with Gasteiger partial charge in [-0.25, -0.2) is 0 Å². The highest BCUT2D eigenvalue weighted by molar-refractivity contribution is 7.26. The minimum atomic E-state index is -2.78. The van der Waals surface area contributed by atoms with Crippen LogP contribution in [0.1, 0.15) is 0 Å². The first-order chi connectivity index (χ1) is 71.5. The van der Waals surface area contributed by atoms with Gasteiger partial charge in [0.2, 0.25) is 0 Å². The first kappa shape index (κ1) is 83.1. The fraction of sp³-hybridized carbons (Fsp3) is 0. The molecule has 28 aromatic rings. The zero-order chi connectivity index (χ0) is 94.7. The van der Waals surface area contributed by atoms with E-state index in [1.807, 2.05) is 23.5 Å². The van der Waals surface area contributed by atoms with Crippen LogP contribution in [0.25, 0.3) is 152 Å². The fourth-order valence-corrected chi connectivity index (χ4v) is 40.6. The first-order valence-electron chi connectivity index (χ1n) is 49.2. The molecule has 0 atom stereocenters. The van der Waals surface area contributed by atoms with Gasteiger partial charge in [0.1, 0.15) is 45.7 Å². The molecule has 3 aliphatic heterocycles. The molecule has 144 heavy (non-hydrogen) atoms. The Balaban J connectivity index is 0.000000103. The molecule has 3 aliphatic rings. The van der Waals surface area contributed by atoms with Crippen LogP contribution in [0, 0.1) is 0 Å². The molecule has 0 saturated carbocycles. The van der Waals surface area contributed by atoms with E-state index in [9.17, 15) is 0 Å². The summed E-state index contributed by atoms with van der Waals surface area (Å²) in [5.41, 5.74) is 15.6. The summed E-state index contributed by atoms with van der Waals surface area (Å²) in [5.74, 6) is 5.73. The summed E-state index contributed by atoms with van der Waals surface area (Å²) in [6, 6.07) is 190. The van der Waals surface area contributed by atoms with E-state index in [-0.39, 0.29) is 0 Å². The molecule has 0 radical (unpaired) electrons. The van der Waals surface area contributed by atoms with Crippen LogP contribution in [-0.4, -0.2) is 42.5 Å². The molecule has 6 aromatic heterocycles. The van der Waals surface area contributed by atoms with Gasteiger partial charge < -0.3 is 36.9 Å². The molecule has 0 N–H and O–H groups in total. The first-order valence-corrected chi connectivity index (χ1v) is 56.1. The van der Waals surface area contributed by atoms with Gasteiger partial charge in [-0.15, -0.1) is 11.3 Å². The maximum Gasteiger partial charge on any atom is 0.188 e. The number of fused-ring (bicyclic) bond motifs is 27. The van der Waals surface area contributed by atoms with Gasteiger partial charge in [0.25, 0.3) is 0 Å². The second kappa shape index (κ2) is 33.1. The van der Waals surface area contributed by atoms with Crippen LogP contribution < -0.4 is 76.5 Å². The maximum atomic E-state index is 7.14. The Hall–Kier alpha value is -17.9. The van der Waals surface area contributed by atoms with Crippen molar-refractivity contribution in [3.63, 3.8) is 0 Å². The quantitative estimate of drug-likeness (QED) is 0.128. The number of hydrogen-bond acceptors (Lipinski definition) is 5. The summed E-state index contributed by atoms with van der Waals surface area (Å²) < 4.78 is 39.7. The molecule has 12 heteroatoms. The third kappa shape index (κ3) is 12.3. The number of aromatic nitrogens is 4. The molecule has 0 fully saturated rings. The molecule has 0 bridgehead atoms. The Morgan fingerprint density at radius 3 is 0.861 bits per heavy atom. The number of hydrogen-bond donors (Lipinski definition) is 0. The van der Waals surface area contributed by atoms with Crippen LogP contribution in [0.2, 0.25) is 0 Å². The average Bonchev–Trinajstić information content (AvgIpc) is 1.25. The van der Waals surface area contributed by atoms with Crippen LogP contribution in [0.5, 0.6) is 34.5 Å². The second-order valence-corrected chi connectivity index (χ2v) is 50.0. The van der Waals surface area contributed by atoms with E-state index >= 15 is 0 Å². The number of rotatable bonds is 10. The van der Waals surface area contributed by atoms with Crippen LogP contribution in [0.15, 0.2) is 526 Å². The van der Waals surface area contributed by atoms with Gasteiger partial charge in [-0.05, 0) is 202 Å². The lowest BCUT2D eigenvalue weighted by Crippen LogP contribution is -2.76. The van der Waals surface area contributed by atoms with Crippen LogP contribution >= 0.6 is 11.3 Å². The van der Waals surface area contributed by atoms with Crippen molar-refractivity contribution in [2.75, 3.05) is 0 Å². The van der Waals surface area contributed by atoms with Crippen LogP contribution in [-0.2, 0) is 0 Å². The summed E-state index contributed by atoms with van der Waals surface area (Å²) in [5, 5.41) is 30.1. The molecule has 676 valence electrons. The summed E-state index contributed by atoms with van der Waals surface area (Å²) in [6.07, 6.45) is 0. The lowest BCUT2D eigenvalue weighted by atomic mass is 10.1. The number of para-hydroxylation sites is 9. The number of benzene rings is 22. The van der Waals surface area contributed by atoms with Crippen molar-refractivity contribution in [3.8, 4) is 57.2 Å². The normalized spacial score (nSPS) is 13.5. The highest BCUT2D eigenvalue weighted by Crippen LogP contribution is 2.49. The predicted molar refractivity (Wildman–Crippen MR) is 608 cm³/mol. The summed E-state index contributed by atoms with van der Waals surface area (Å²) in [7, 11) is -8.28. The third-order valence-corrected chi connectivity index (χ3v) is 46.1. The van der Waals surface area contributed by atoms with E-state index in [2.05, 4.69) is 528 Å². The lowest BCUT2D eigenvalue weighted by Gasteiger charge is -2.39. The Morgan fingerprint density at radius 2 is 0.444 bits per heavy atom. The number of ether oxygens (including phenoxy) is 3. The van der Waals surface area contributed by atoms with Crippen molar-refractivity contribution in [1.29, 1.82) is 0 Å². The molecule has 0 aliphatic carbocycles. The van der Waals surface area contributed by atoms with Crippen molar-refractivity contribution in [2.45, 2.75) is 0 Å². The molecular weight excluding hydrogens is 1820 g/mol. The van der Waals surface area contributed by atoms with Gasteiger partial charge >= 0.3 is 0 Å². The molecule has 0 unspecified atom stereocenters. The van der Waals surface area contributed by atoms with Gasteiger partial charge in [-0.3, -0.25) is 0 Å². The third-order valence-electron chi connectivity index (χ3n) is 30.5. The van der Waals surface area contributed by atoms with Crippen molar-refractivity contribution in [1.82, 2.24) is 18.3 Å². The van der Waals surface area contributed by atoms with Gasteiger partial charge in [-0.1, -0.05) is 382 Å². The standard InChI is InChI=1S/C48H32N2OSi.C42H27NO2Si.C42H27NOSSi/c1-4-16-33(17-5-1)49-40-24-12-10-22-37(40)39-32-34(28-29-42(39)49)50-41-25-13-11-23-38(41)47-43(50)30-31-46-48(47)51-44-26-14-15-27-45(44)52(46,35-18-6-2-7-19-35)36-20-8-3-9-21-36;1-3-13-29(14-4-1)46(30-15-5-2-6-16-30)39-22-12-11-21-38(39)45-42-40(46)26-24-35-41(42)32-18-7-9-19-34(32)43(35)28-23-25-37-33(27-28)31-17-8-10-20-36(31)44-37;1-3-13-29(14-4-1)46(30-15-5-2-6-16-30)39-22-12-10-20-36(39)44-42-40(46)26-24-35-41(42)32-18-7-9-19-34(32)43(35)28-23-25-38-33(27-28)31-17-8-11-21-37(31)45-38/h1-32H;2*1-27H. The maximum absolute atomic E-state index is 7.14. The number of thiophene rings is 1. The molecule has 9 heterocycles.